The van der Waals surface area contributed by atoms with E-state index in [1.807, 2.05) is 0 Å². The minimum atomic E-state index is -0.796. The Labute approximate surface area is 494 Å². The molecule has 0 bridgehead atoms. The van der Waals surface area contributed by atoms with Crippen LogP contribution in [-0.2, 0) is 28.6 Å². The predicted molar refractivity (Wildman–Crippen MR) is 348 cm³/mol. The van der Waals surface area contributed by atoms with Crippen molar-refractivity contribution < 1.29 is 28.6 Å². The molecule has 0 saturated heterocycles. The Morgan fingerprint density at radius 3 is 0.787 bits per heavy atom. The first kappa shape index (κ1) is 75.8. The van der Waals surface area contributed by atoms with Crippen molar-refractivity contribution in [3.05, 3.63) is 122 Å². The topological polar surface area (TPSA) is 78.9 Å². The maximum Gasteiger partial charge on any atom is 0.306 e. The highest BCUT2D eigenvalue weighted by Gasteiger charge is 2.19. The van der Waals surface area contributed by atoms with Gasteiger partial charge < -0.3 is 14.2 Å². The summed E-state index contributed by atoms with van der Waals surface area (Å²) in [5.41, 5.74) is 0. The lowest BCUT2D eigenvalue weighted by Gasteiger charge is -2.18. The van der Waals surface area contributed by atoms with Crippen molar-refractivity contribution in [1.29, 1.82) is 0 Å². The van der Waals surface area contributed by atoms with Gasteiger partial charge >= 0.3 is 17.9 Å². The van der Waals surface area contributed by atoms with Crippen molar-refractivity contribution in [3.8, 4) is 0 Å². The Bertz CT molecular complexity index is 1650. The van der Waals surface area contributed by atoms with Crippen LogP contribution in [0.25, 0.3) is 0 Å². The summed E-state index contributed by atoms with van der Waals surface area (Å²) >= 11 is 0. The molecule has 456 valence electrons. The van der Waals surface area contributed by atoms with Gasteiger partial charge in [0.05, 0.1) is 0 Å². The molecular weight excluding hydrogens is 985 g/mol. The van der Waals surface area contributed by atoms with Gasteiger partial charge in [0.1, 0.15) is 13.2 Å². The van der Waals surface area contributed by atoms with Crippen LogP contribution in [0, 0.1) is 0 Å². The van der Waals surface area contributed by atoms with Crippen LogP contribution < -0.4 is 0 Å². The number of carbonyl (C=O) groups is 3. The average Bonchev–Trinajstić information content (AvgIpc) is 3.46. The Balaban J connectivity index is 4.41. The molecule has 0 aliphatic heterocycles. The quantitative estimate of drug-likeness (QED) is 0.0261. The van der Waals surface area contributed by atoms with Crippen molar-refractivity contribution in [3.63, 3.8) is 0 Å². The molecule has 6 nitrogen and oxygen atoms in total. The van der Waals surface area contributed by atoms with Crippen LogP contribution in [0.1, 0.15) is 310 Å². The fraction of sp³-hybridized carbons (Fsp3) is 0.689. The smallest absolute Gasteiger partial charge is 0.306 e. The molecule has 0 N–H and O–H groups in total. The molecule has 0 saturated carbocycles. The third-order valence-electron chi connectivity index (χ3n) is 14.2. The van der Waals surface area contributed by atoms with Crippen LogP contribution >= 0.6 is 0 Å². The largest absolute Gasteiger partial charge is 0.462 e. The molecule has 0 aromatic rings. The molecule has 80 heavy (non-hydrogen) atoms. The summed E-state index contributed by atoms with van der Waals surface area (Å²) in [6.07, 6.45) is 93.4. The Hall–Kier alpha value is -4.19. The summed E-state index contributed by atoms with van der Waals surface area (Å²) < 4.78 is 16.9. The maximum atomic E-state index is 12.9. The van der Waals surface area contributed by atoms with Crippen LogP contribution in [0.3, 0.4) is 0 Å². The molecule has 6 heteroatoms. The number of carbonyl (C=O) groups excluding carboxylic acids is 3. The first-order valence-corrected chi connectivity index (χ1v) is 33.5. The van der Waals surface area contributed by atoms with Gasteiger partial charge in [0, 0.05) is 19.3 Å². The van der Waals surface area contributed by atoms with Gasteiger partial charge in [-0.2, -0.15) is 0 Å². The number of allylic oxidation sites excluding steroid dienone is 20. The van der Waals surface area contributed by atoms with E-state index in [-0.39, 0.29) is 31.1 Å². The minimum absolute atomic E-state index is 0.0889. The monoisotopic (exact) mass is 1110 g/mol. The standard InChI is InChI=1S/C74H124O6/c1-4-7-10-13-16-19-22-25-28-31-32-33-34-35-36-37-38-39-40-41-42-44-46-49-52-55-58-61-64-67-73(76)79-70-71(69-78-72(75)66-63-60-57-54-51-48-45-30-27-24-21-18-15-12-9-6-3)80-74(77)68-65-62-59-56-53-50-47-43-29-26-23-20-17-14-11-8-5-2/h7,10,16-17,19-20,25-26,28-29,32-33,35-36,38-39,41-42,46,49,71H,4-6,8-9,11-15,18,21-24,27,30-31,34,37,40,43-45,47-48,50-70H2,1-3H3/b10-7-,19-16-,20-17-,28-25-,29-26-,33-32-,36-35-,39-38-,42-41-,49-46-. The van der Waals surface area contributed by atoms with Crippen LogP contribution in [0.2, 0.25) is 0 Å². The van der Waals surface area contributed by atoms with E-state index in [0.29, 0.717) is 19.3 Å². The summed E-state index contributed by atoms with van der Waals surface area (Å²) in [5.74, 6) is -0.914. The number of hydrogen-bond acceptors (Lipinski definition) is 6. The molecule has 0 heterocycles. The molecule has 0 aliphatic carbocycles. The molecule has 0 fully saturated rings. The van der Waals surface area contributed by atoms with Gasteiger partial charge in [-0.05, 0) is 116 Å². The van der Waals surface area contributed by atoms with Crippen molar-refractivity contribution >= 4 is 17.9 Å². The van der Waals surface area contributed by atoms with E-state index in [2.05, 4.69) is 142 Å². The van der Waals surface area contributed by atoms with Crippen LogP contribution in [-0.4, -0.2) is 37.2 Å². The maximum absolute atomic E-state index is 12.9. The third kappa shape index (κ3) is 64.6. The van der Waals surface area contributed by atoms with E-state index in [0.717, 1.165) is 135 Å². The lowest BCUT2D eigenvalue weighted by atomic mass is 10.0. The Kier molecular flexibility index (Phi) is 63.8. The van der Waals surface area contributed by atoms with Gasteiger partial charge in [-0.3, -0.25) is 14.4 Å². The van der Waals surface area contributed by atoms with Gasteiger partial charge in [-0.25, -0.2) is 0 Å². The molecule has 0 aliphatic rings. The Morgan fingerprint density at radius 2 is 0.487 bits per heavy atom. The van der Waals surface area contributed by atoms with E-state index in [9.17, 15) is 14.4 Å². The first-order valence-electron chi connectivity index (χ1n) is 33.5. The van der Waals surface area contributed by atoms with Gasteiger partial charge in [-0.15, -0.1) is 0 Å². The summed E-state index contributed by atoms with van der Waals surface area (Å²) in [5, 5.41) is 0. The summed E-state index contributed by atoms with van der Waals surface area (Å²) in [4.78, 5) is 38.4. The second-order valence-corrected chi connectivity index (χ2v) is 22.0. The molecule has 1 unspecified atom stereocenters. The lowest BCUT2D eigenvalue weighted by Crippen LogP contribution is -2.30. The highest BCUT2D eigenvalue weighted by atomic mass is 16.6. The van der Waals surface area contributed by atoms with Crippen molar-refractivity contribution in [2.75, 3.05) is 13.2 Å². The SMILES string of the molecule is CC/C=C\C/C=C\C/C=C\C/C=C\C/C=C\C/C=C\C/C=C\C/C=C\CCCCCCC(=O)OCC(COC(=O)CCCCCCCCCCCCCCCCCC)OC(=O)CCCCCCCCC/C=C\C/C=C\CCCCC. The molecule has 0 spiro atoms. The summed E-state index contributed by atoms with van der Waals surface area (Å²) in [7, 11) is 0. The molecule has 0 aromatic carbocycles. The number of ether oxygens (including phenoxy) is 3. The van der Waals surface area contributed by atoms with Crippen molar-refractivity contribution in [2.24, 2.45) is 0 Å². The summed E-state index contributed by atoms with van der Waals surface area (Å²) in [6.45, 7) is 6.50. The fourth-order valence-corrected chi connectivity index (χ4v) is 9.20. The van der Waals surface area contributed by atoms with Crippen molar-refractivity contribution in [1.82, 2.24) is 0 Å². The normalized spacial score (nSPS) is 12.9. The lowest BCUT2D eigenvalue weighted by molar-refractivity contribution is -0.167. The first-order chi connectivity index (χ1) is 39.5. The average molecular weight is 1110 g/mol. The third-order valence-corrected chi connectivity index (χ3v) is 14.2. The van der Waals surface area contributed by atoms with Crippen molar-refractivity contribution in [2.45, 2.75) is 316 Å². The zero-order chi connectivity index (χ0) is 57.8. The van der Waals surface area contributed by atoms with Gasteiger partial charge in [0.15, 0.2) is 6.10 Å². The molecule has 0 rings (SSSR count). The number of esters is 3. The number of rotatable bonds is 60. The van der Waals surface area contributed by atoms with E-state index < -0.39 is 6.10 Å². The molecule has 0 radical (unpaired) electrons. The van der Waals surface area contributed by atoms with E-state index in [1.54, 1.807) is 0 Å². The summed E-state index contributed by atoms with van der Waals surface area (Å²) in [6, 6.07) is 0. The zero-order valence-electron chi connectivity index (χ0n) is 52.3. The van der Waals surface area contributed by atoms with Crippen LogP contribution in [0.4, 0.5) is 0 Å². The van der Waals surface area contributed by atoms with Gasteiger partial charge in [0.2, 0.25) is 0 Å². The Morgan fingerprint density at radius 1 is 0.263 bits per heavy atom. The van der Waals surface area contributed by atoms with E-state index >= 15 is 0 Å². The van der Waals surface area contributed by atoms with E-state index in [1.165, 1.54) is 135 Å². The van der Waals surface area contributed by atoms with Gasteiger partial charge in [-0.1, -0.05) is 296 Å². The predicted octanol–water partition coefficient (Wildman–Crippen LogP) is 23.2. The van der Waals surface area contributed by atoms with Crippen LogP contribution in [0.5, 0.6) is 0 Å². The second kappa shape index (κ2) is 67.3. The molecule has 0 amide bonds. The minimum Gasteiger partial charge on any atom is -0.462 e. The molecule has 0 aromatic heterocycles. The van der Waals surface area contributed by atoms with Gasteiger partial charge in [0.25, 0.3) is 0 Å². The highest BCUT2D eigenvalue weighted by Crippen LogP contribution is 2.16. The number of hydrogen-bond donors (Lipinski definition) is 0. The van der Waals surface area contributed by atoms with Crippen LogP contribution in [0.15, 0.2) is 122 Å². The zero-order valence-corrected chi connectivity index (χ0v) is 52.3. The van der Waals surface area contributed by atoms with E-state index in [4.69, 9.17) is 14.2 Å². The molecular formula is C74H124O6. The highest BCUT2D eigenvalue weighted by molar-refractivity contribution is 5.71. The number of unbranched alkanes of at least 4 members (excludes halogenated alkanes) is 29. The molecule has 1 atom stereocenters. The second-order valence-electron chi connectivity index (χ2n) is 22.0. The fourth-order valence-electron chi connectivity index (χ4n) is 9.20.